The zero-order valence-electron chi connectivity index (χ0n) is 11.2. The van der Waals surface area contributed by atoms with Crippen LogP contribution in [0.5, 0.6) is 0 Å². The number of fused-ring (bicyclic) bond motifs is 2. The summed E-state index contributed by atoms with van der Waals surface area (Å²) in [7, 11) is 0. The fourth-order valence-corrected chi connectivity index (χ4v) is 3.20. The minimum atomic E-state index is 0.989. The lowest BCUT2D eigenvalue weighted by atomic mass is 10.2. The van der Waals surface area contributed by atoms with Crippen LogP contribution >= 0.6 is 11.8 Å². The van der Waals surface area contributed by atoms with Crippen molar-refractivity contribution >= 4 is 11.8 Å². The molecule has 0 saturated carbocycles. The standard InChI is InChI=1S/C18H12N2S/c1-3-7-13-11-17(19-15(13)9-5-1)21-18-12-14-8-4-2-6-10-16(14)20-18/h1-12H. The average molecular weight is 288 g/mol. The number of aromatic nitrogens is 2. The van der Waals surface area contributed by atoms with Crippen LogP contribution in [0.3, 0.4) is 0 Å². The van der Waals surface area contributed by atoms with Gasteiger partial charge in [0.1, 0.15) is 10.1 Å². The van der Waals surface area contributed by atoms with Gasteiger partial charge in [-0.3, -0.25) is 0 Å². The summed E-state index contributed by atoms with van der Waals surface area (Å²) in [5.41, 5.74) is 4.35. The third-order valence-electron chi connectivity index (χ3n) is 3.32. The highest BCUT2D eigenvalue weighted by atomic mass is 32.2. The first-order valence-electron chi connectivity index (χ1n) is 6.78. The summed E-state index contributed by atoms with van der Waals surface area (Å²) < 4.78 is 0. The van der Waals surface area contributed by atoms with Crippen LogP contribution in [0.2, 0.25) is 0 Å². The Balaban J connectivity index is 1.71. The Morgan fingerprint density at radius 2 is 1.05 bits per heavy atom. The summed E-state index contributed by atoms with van der Waals surface area (Å²) in [6.45, 7) is 0. The number of rotatable bonds is 2. The van der Waals surface area contributed by atoms with Crippen molar-refractivity contribution in [2.75, 3.05) is 0 Å². The number of nitrogens with zero attached hydrogens (tertiary/aromatic N) is 2. The van der Waals surface area contributed by atoms with E-state index >= 15 is 0 Å². The normalized spacial score (nSPS) is 11.0. The van der Waals surface area contributed by atoms with Crippen LogP contribution in [0.1, 0.15) is 0 Å². The first-order chi connectivity index (χ1) is 10.4. The van der Waals surface area contributed by atoms with E-state index in [1.54, 1.807) is 11.8 Å². The minimum Gasteiger partial charge on any atom is -0.241 e. The van der Waals surface area contributed by atoms with E-state index in [9.17, 15) is 0 Å². The van der Waals surface area contributed by atoms with Crippen molar-refractivity contribution in [3.63, 3.8) is 0 Å². The van der Waals surface area contributed by atoms with E-state index in [2.05, 4.69) is 34.2 Å². The summed E-state index contributed by atoms with van der Waals surface area (Å²) >= 11 is 1.61. The quantitative estimate of drug-likeness (QED) is 0.528. The molecule has 21 heavy (non-hydrogen) atoms. The molecule has 0 spiro atoms. The molecule has 0 saturated heterocycles. The van der Waals surface area contributed by atoms with Crippen LogP contribution in [0, 0.1) is 0 Å². The zero-order valence-corrected chi connectivity index (χ0v) is 12.0. The number of hydrogen-bond donors (Lipinski definition) is 0. The van der Waals surface area contributed by atoms with Crippen molar-refractivity contribution < 1.29 is 0 Å². The van der Waals surface area contributed by atoms with Crippen molar-refractivity contribution in [3.8, 4) is 22.5 Å². The van der Waals surface area contributed by atoms with Gasteiger partial charge in [0.15, 0.2) is 0 Å². The van der Waals surface area contributed by atoms with E-state index in [-0.39, 0.29) is 0 Å². The van der Waals surface area contributed by atoms with Gasteiger partial charge in [-0.05, 0) is 24.3 Å². The van der Waals surface area contributed by atoms with E-state index in [0.717, 1.165) is 32.6 Å². The first kappa shape index (κ1) is 12.4. The Morgan fingerprint density at radius 1 is 0.571 bits per heavy atom. The van der Waals surface area contributed by atoms with Gasteiger partial charge < -0.3 is 0 Å². The molecule has 4 aliphatic rings. The highest BCUT2D eigenvalue weighted by Crippen LogP contribution is 2.34. The van der Waals surface area contributed by atoms with Crippen LogP contribution in [-0.4, -0.2) is 9.97 Å². The molecule has 0 atom stereocenters. The van der Waals surface area contributed by atoms with Gasteiger partial charge >= 0.3 is 0 Å². The fraction of sp³-hybridized carbons (Fsp3) is 0. The molecule has 0 unspecified atom stereocenters. The Hall–Kier alpha value is -2.39. The zero-order chi connectivity index (χ0) is 14.1. The van der Waals surface area contributed by atoms with E-state index in [4.69, 9.17) is 0 Å². The topological polar surface area (TPSA) is 25.8 Å². The van der Waals surface area contributed by atoms with Crippen LogP contribution in [-0.2, 0) is 0 Å². The van der Waals surface area contributed by atoms with Gasteiger partial charge in [0, 0.05) is 11.1 Å². The van der Waals surface area contributed by atoms with Gasteiger partial charge in [0.05, 0.1) is 11.4 Å². The average Bonchev–Trinajstić information content (AvgIpc) is 2.87. The maximum Gasteiger partial charge on any atom is 0.104 e. The summed E-state index contributed by atoms with van der Waals surface area (Å²) in [6, 6.07) is 24.6. The molecule has 2 heterocycles. The monoisotopic (exact) mass is 288 g/mol. The Morgan fingerprint density at radius 3 is 1.57 bits per heavy atom. The molecule has 0 radical (unpaired) electrons. The van der Waals surface area contributed by atoms with E-state index in [1.807, 2.05) is 48.5 Å². The van der Waals surface area contributed by atoms with Crippen molar-refractivity contribution in [1.82, 2.24) is 9.97 Å². The van der Waals surface area contributed by atoms with Crippen molar-refractivity contribution in [2.24, 2.45) is 0 Å². The summed E-state index contributed by atoms with van der Waals surface area (Å²) in [5.74, 6) is 0. The molecule has 0 aromatic rings. The SMILES string of the molecule is c1ccc2cc(Sc3cc4cccccc-4n3)nc-2cc1. The van der Waals surface area contributed by atoms with Gasteiger partial charge in [0.2, 0.25) is 0 Å². The first-order valence-corrected chi connectivity index (χ1v) is 7.60. The second-order valence-corrected chi connectivity index (χ2v) is 5.83. The summed E-state index contributed by atoms with van der Waals surface area (Å²) in [6.07, 6.45) is 0. The highest BCUT2D eigenvalue weighted by molar-refractivity contribution is 7.99. The Labute approximate surface area is 127 Å². The third-order valence-corrected chi connectivity index (χ3v) is 4.16. The van der Waals surface area contributed by atoms with Gasteiger partial charge in [0.25, 0.3) is 0 Å². The van der Waals surface area contributed by atoms with Gasteiger partial charge in [-0.25, -0.2) is 9.97 Å². The van der Waals surface area contributed by atoms with E-state index < -0.39 is 0 Å². The van der Waals surface area contributed by atoms with Crippen LogP contribution in [0.25, 0.3) is 22.5 Å². The van der Waals surface area contributed by atoms with Crippen LogP contribution in [0.15, 0.2) is 82.8 Å². The summed E-state index contributed by atoms with van der Waals surface area (Å²) in [5, 5.41) is 1.98. The maximum atomic E-state index is 4.65. The lowest BCUT2D eigenvalue weighted by molar-refractivity contribution is 1.17. The van der Waals surface area contributed by atoms with Crippen molar-refractivity contribution in [1.29, 1.82) is 0 Å². The molecule has 0 amide bonds. The molecule has 0 aromatic heterocycles. The largest absolute Gasteiger partial charge is 0.241 e. The minimum absolute atomic E-state index is 0.989. The van der Waals surface area contributed by atoms with Crippen LogP contribution < -0.4 is 0 Å². The molecule has 0 N–H and O–H groups in total. The van der Waals surface area contributed by atoms with Gasteiger partial charge in [-0.15, -0.1) is 0 Å². The predicted octanol–water partition coefficient (Wildman–Crippen LogP) is 4.84. The molecule has 100 valence electrons. The summed E-state index contributed by atoms with van der Waals surface area (Å²) in [4.78, 5) is 9.31. The van der Waals surface area contributed by atoms with Crippen LogP contribution in [0.4, 0.5) is 0 Å². The molecule has 0 bridgehead atoms. The predicted molar refractivity (Wildman–Crippen MR) is 85.8 cm³/mol. The lowest BCUT2D eigenvalue weighted by Gasteiger charge is -1.89. The Kier molecular flexibility index (Phi) is 3.05. The molecule has 0 fully saturated rings. The molecule has 0 aromatic carbocycles. The molecule has 2 aliphatic heterocycles. The fourth-order valence-electron chi connectivity index (χ4n) is 2.33. The van der Waals surface area contributed by atoms with E-state index in [0.29, 0.717) is 0 Å². The molecular formula is C18H12N2S. The maximum absolute atomic E-state index is 4.65. The second-order valence-electron chi connectivity index (χ2n) is 4.79. The molecular weight excluding hydrogens is 276 g/mol. The van der Waals surface area contributed by atoms with E-state index in [1.165, 1.54) is 0 Å². The van der Waals surface area contributed by atoms with Crippen molar-refractivity contribution in [2.45, 2.75) is 10.1 Å². The lowest BCUT2D eigenvalue weighted by Crippen LogP contribution is -1.72. The number of hydrogen-bond acceptors (Lipinski definition) is 3. The molecule has 2 aliphatic carbocycles. The smallest absolute Gasteiger partial charge is 0.104 e. The molecule has 2 nitrogen and oxygen atoms in total. The van der Waals surface area contributed by atoms with Gasteiger partial charge in [-0.2, -0.15) is 0 Å². The molecule has 3 heteroatoms. The van der Waals surface area contributed by atoms with Gasteiger partial charge in [-0.1, -0.05) is 60.3 Å². The third kappa shape index (κ3) is 2.48. The highest BCUT2D eigenvalue weighted by Gasteiger charge is 2.12. The Bertz CT molecular complexity index is 711. The second kappa shape index (κ2) is 5.19. The van der Waals surface area contributed by atoms with Crippen molar-refractivity contribution in [3.05, 3.63) is 72.8 Å². The molecule has 4 rings (SSSR count).